The molecule has 0 bridgehead atoms. The predicted molar refractivity (Wildman–Crippen MR) is 122 cm³/mol. The molecule has 1 aliphatic rings. The van der Waals surface area contributed by atoms with E-state index in [4.69, 9.17) is 5.73 Å². The summed E-state index contributed by atoms with van der Waals surface area (Å²) in [5.74, 6) is -0.128. The van der Waals surface area contributed by atoms with Gasteiger partial charge in [-0.15, -0.1) is 0 Å². The van der Waals surface area contributed by atoms with Crippen LogP contribution in [0.15, 0.2) is 71.6 Å². The molecule has 3 N–H and O–H groups in total. The van der Waals surface area contributed by atoms with Gasteiger partial charge in [-0.25, -0.2) is 14.8 Å². The number of aliphatic imine (C=N–C) groups is 1. The fraction of sp³-hybridized carbons (Fsp3) is 0.217. The van der Waals surface area contributed by atoms with Crippen LogP contribution in [0, 0.1) is 0 Å². The van der Waals surface area contributed by atoms with Crippen molar-refractivity contribution in [1.29, 1.82) is 0 Å². The van der Waals surface area contributed by atoms with E-state index in [0.29, 0.717) is 5.52 Å². The first-order valence-electron chi connectivity index (χ1n) is 10.1. The Hall–Kier alpha value is -3.78. The maximum absolute atomic E-state index is 11.2. The molecule has 1 saturated heterocycles. The Bertz CT molecular complexity index is 1120. The summed E-state index contributed by atoms with van der Waals surface area (Å²) in [6, 6.07) is 14.7. The van der Waals surface area contributed by atoms with Gasteiger partial charge in [-0.1, -0.05) is 18.2 Å². The predicted octanol–water partition coefficient (Wildman–Crippen LogP) is 2.70. The Morgan fingerprint density at radius 3 is 2.58 bits per heavy atom. The average Bonchev–Trinajstić information content (AvgIpc) is 2.82. The van der Waals surface area contributed by atoms with Crippen LogP contribution < -0.4 is 10.6 Å². The smallest absolute Gasteiger partial charge is 0.335 e. The van der Waals surface area contributed by atoms with E-state index < -0.39 is 5.97 Å². The molecule has 2 aromatic carbocycles. The minimum Gasteiger partial charge on any atom is -0.478 e. The number of carboxylic acids is 1. The number of anilines is 1. The molecule has 4 rings (SSSR count). The first-order valence-corrected chi connectivity index (χ1v) is 10.1. The third-order valence-corrected chi connectivity index (χ3v) is 5.29. The van der Waals surface area contributed by atoms with Crippen LogP contribution >= 0.6 is 0 Å². The van der Waals surface area contributed by atoms with Gasteiger partial charge in [-0.3, -0.25) is 9.89 Å². The summed E-state index contributed by atoms with van der Waals surface area (Å²) in [4.78, 5) is 29.0. The molecule has 0 radical (unpaired) electrons. The highest BCUT2D eigenvalue weighted by Crippen LogP contribution is 2.25. The SMILES string of the molecule is N/C=C(\C=Nc1ccccc1)CN1CCN(c2ncnc3cc(C(=O)O)ccc23)CC1. The van der Waals surface area contributed by atoms with Gasteiger partial charge in [0.15, 0.2) is 0 Å². The van der Waals surface area contributed by atoms with E-state index in [1.54, 1.807) is 24.4 Å². The second-order valence-corrected chi connectivity index (χ2v) is 7.33. The summed E-state index contributed by atoms with van der Waals surface area (Å²) >= 11 is 0. The van der Waals surface area contributed by atoms with Gasteiger partial charge in [-0.05, 0) is 42.1 Å². The molecular formula is C23H24N6O2. The minimum absolute atomic E-state index is 0.222. The topological polar surface area (TPSA) is 108 Å². The van der Waals surface area contributed by atoms with Crippen LogP contribution in [0.2, 0.25) is 0 Å². The highest BCUT2D eigenvalue weighted by molar-refractivity contribution is 5.96. The number of carboxylic acid groups (broad SMARTS) is 1. The zero-order valence-corrected chi connectivity index (χ0v) is 17.1. The monoisotopic (exact) mass is 416 g/mol. The normalized spacial score (nSPS) is 15.6. The van der Waals surface area contributed by atoms with Crippen LogP contribution in [-0.2, 0) is 0 Å². The summed E-state index contributed by atoms with van der Waals surface area (Å²) in [6.45, 7) is 4.05. The van der Waals surface area contributed by atoms with Crippen LogP contribution in [0.1, 0.15) is 10.4 Å². The van der Waals surface area contributed by atoms with E-state index in [1.165, 1.54) is 6.33 Å². The Balaban J connectivity index is 1.40. The number of piperazine rings is 1. The van der Waals surface area contributed by atoms with Crippen molar-refractivity contribution < 1.29 is 9.90 Å². The van der Waals surface area contributed by atoms with Gasteiger partial charge in [-0.2, -0.15) is 0 Å². The van der Waals surface area contributed by atoms with Crippen LogP contribution in [0.3, 0.4) is 0 Å². The van der Waals surface area contributed by atoms with Gasteiger partial charge in [0.05, 0.1) is 16.8 Å². The Kier molecular flexibility index (Phi) is 6.18. The maximum atomic E-state index is 11.2. The van der Waals surface area contributed by atoms with Crippen molar-refractivity contribution in [1.82, 2.24) is 14.9 Å². The van der Waals surface area contributed by atoms with Crippen molar-refractivity contribution in [2.45, 2.75) is 0 Å². The second-order valence-electron chi connectivity index (χ2n) is 7.33. The zero-order chi connectivity index (χ0) is 21.6. The number of para-hydroxylation sites is 1. The molecule has 8 nitrogen and oxygen atoms in total. The van der Waals surface area contributed by atoms with E-state index in [2.05, 4.69) is 24.8 Å². The lowest BCUT2D eigenvalue weighted by Gasteiger charge is -2.35. The molecule has 0 spiro atoms. The first-order chi connectivity index (χ1) is 15.1. The highest BCUT2D eigenvalue weighted by atomic mass is 16.4. The van der Waals surface area contributed by atoms with E-state index in [0.717, 1.165) is 55.2 Å². The number of aromatic nitrogens is 2. The van der Waals surface area contributed by atoms with E-state index in [9.17, 15) is 9.90 Å². The number of benzene rings is 2. The standard InChI is InChI=1S/C23H24N6O2/c24-13-17(14-25-19-4-2-1-3-5-19)15-28-8-10-29(11-9-28)22-20-7-6-18(23(30)31)12-21(20)26-16-27-22/h1-7,12-14,16H,8-11,15,24H2,(H,30,31)/b17-13+,25-14?. The van der Waals surface area contributed by atoms with Crippen LogP contribution in [-0.4, -0.2) is 64.9 Å². The van der Waals surface area contributed by atoms with E-state index in [1.807, 2.05) is 36.5 Å². The fourth-order valence-electron chi connectivity index (χ4n) is 3.61. The molecule has 8 heteroatoms. The van der Waals surface area contributed by atoms with E-state index in [-0.39, 0.29) is 5.56 Å². The van der Waals surface area contributed by atoms with E-state index >= 15 is 0 Å². The number of carbonyl (C=O) groups is 1. The first kappa shape index (κ1) is 20.5. The van der Waals surface area contributed by atoms with Crippen molar-refractivity contribution in [2.75, 3.05) is 37.6 Å². The largest absolute Gasteiger partial charge is 0.478 e. The third kappa shape index (κ3) is 4.87. The second kappa shape index (κ2) is 9.36. The van der Waals surface area contributed by atoms with Crippen LogP contribution in [0.4, 0.5) is 11.5 Å². The van der Waals surface area contributed by atoms with Crippen LogP contribution in [0.25, 0.3) is 10.9 Å². The molecule has 0 aliphatic carbocycles. The number of fused-ring (bicyclic) bond motifs is 1. The van der Waals surface area contributed by atoms with Gasteiger partial charge >= 0.3 is 5.97 Å². The van der Waals surface area contributed by atoms with Gasteiger partial charge < -0.3 is 15.7 Å². The molecule has 31 heavy (non-hydrogen) atoms. The Morgan fingerprint density at radius 2 is 1.87 bits per heavy atom. The molecular weight excluding hydrogens is 392 g/mol. The van der Waals surface area contributed by atoms with Gasteiger partial charge in [0.25, 0.3) is 0 Å². The summed E-state index contributed by atoms with van der Waals surface area (Å²) in [5, 5.41) is 10.1. The molecule has 0 atom stereocenters. The number of aromatic carboxylic acids is 1. The number of hydrogen-bond donors (Lipinski definition) is 2. The maximum Gasteiger partial charge on any atom is 0.335 e. The number of rotatable bonds is 6. The zero-order valence-electron chi connectivity index (χ0n) is 17.1. The van der Waals surface area contributed by atoms with Crippen molar-refractivity contribution >= 4 is 34.6 Å². The Labute approximate surface area is 180 Å². The van der Waals surface area contributed by atoms with Gasteiger partial charge in [0, 0.05) is 44.3 Å². The summed E-state index contributed by atoms with van der Waals surface area (Å²) in [7, 11) is 0. The molecule has 1 fully saturated rings. The minimum atomic E-state index is -0.963. The molecule has 0 amide bonds. The number of hydrogen-bond acceptors (Lipinski definition) is 7. The average molecular weight is 416 g/mol. The molecule has 158 valence electrons. The summed E-state index contributed by atoms with van der Waals surface area (Å²) < 4.78 is 0. The quantitative estimate of drug-likeness (QED) is 0.595. The van der Waals surface area contributed by atoms with Gasteiger partial charge in [0.2, 0.25) is 0 Å². The lowest BCUT2D eigenvalue weighted by Crippen LogP contribution is -2.47. The molecule has 3 aromatic rings. The number of nitrogens with two attached hydrogens (primary N) is 1. The lowest BCUT2D eigenvalue weighted by molar-refractivity contribution is 0.0697. The van der Waals surface area contributed by atoms with Crippen molar-refractivity contribution in [3.8, 4) is 0 Å². The van der Waals surface area contributed by atoms with Crippen LogP contribution in [0.5, 0.6) is 0 Å². The number of nitrogens with zero attached hydrogens (tertiary/aromatic N) is 5. The molecule has 0 unspecified atom stereocenters. The lowest BCUT2D eigenvalue weighted by atomic mass is 10.1. The van der Waals surface area contributed by atoms with Gasteiger partial charge in [0.1, 0.15) is 12.1 Å². The molecule has 0 saturated carbocycles. The highest BCUT2D eigenvalue weighted by Gasteiger charge is 2.20. The van der Waals surface area contributed by atoms with Crippen molar-refractivity contribution in [2.24, 2.45) is 10.7 Å². The van der Waals surface area contributed by atoms with Crippen molar-refractivity contribution in [3.63, 3.8) is 0 Å². The van der Waals surface area contributed by atoms with Crippen molar-refractivity contribution in [3.05, 3.63) is 72.2 Å². The Morgan fingerprint density at radius 1 is 1.10 bits per heavy atom. The molecule has 2 heterocycles. The fourth-order valence-corrected chi connectivity index (χ4v) is 3.61. The molecule has 1 aromatic heterocycles. The summed E-state index contributed by atoms with van der Waals surface area (Å²) in [5.41, 5.74) is 8.54. The summed E-state index contributed by atoms with van der Waals surface area (Å²) in [6.07, 6.45) is 4.92. The molecule has 1 aliphatic heterocycles. The third-order valence-electron chi connectivity index (χ3n) is 5.29.